The molecule has 0 saturated carbocycles. The van der Waals surface area contributed by atoms with E-state index in [1.165, 1.54) is 37.1 Å². The summed E-state index contributed by atoms with van der Waals surface area (Å²) in [6, 6.07) is 11.6. The van der Waals surface area contributed by atoms with E-state index in [0.29, 0.717) is 23.3 Å². The van der Waals surface area contributed by atoms with E-state index in [0.717, 1.165) is 24.2 Å². The molecule has 0 aliphatic heterocycles. The first kappa shape index (κ1) is 25.0. The van der Waals surface area contributed by atoms with E-state index in [-0.39, 0.29) is 17.3 Å². The fourth-order valence-electron chi connectivity index (χ4n) is 3.20. The van der Waals surface area contributed by atoms with Crippen LogP contribution in [0.5, 0.6) is 11.5 Å². The molecule has 180 valence electrons. The minimum atomic E-state index is -0.544. The predicted octanol–water partition coefficient (Wildman–Crippen LogP) is 4.79. The van der Waals surface area contributed by atoms with Gasteiger partial charge in [-0.25, -0.2) is 0 Å². The van der Waals surface area contributed by atoms with Crippen LogP contribution in [0.4, 0.5) is 11.4 Å². The molecule has 0 aliphatic carbocycles. The molecule has 1 N–H and O–H groups in total. The molecular formula is C23H27N5O5S. The third-order valence-electron chi connectivity index (χ3n) is 5.10. The number of unbranched alkanes of at least 4 members (excludes halogenated alkanes) is 1. The molecule has 0 bridgehead atoms. The molecular weight excluding hydrogens is 458 g/mol. The predicted molar refractivity (Wildman–Crippen MR) is 131 cm³/mol. The molecule has 10 nitrogen and oxygen atoms in total. The second-order valence-corrected chi connectivity index (χ2v) is 8.74. The number of non-ortho nitro benzene ring substituents is 1. The fraction of sp³-hybridized carbons (Fsp3) is 0.348. The van der Waals surface area contributed by atoms with Gasteiger partial charge in [-0.05, 0) is 43.7 Å². The number of thioether (sulfide) groups is 1. The third kappa shape index (κ3) is 5.84. The molecule has 2 aromatic carbocycles. The van der Waals surface area contributed by atoms with Crippen molar-refractivity contribution in [2.75, 3.05) is 19.5 Å². The Kier molecular flexibility index (Phi) is 8.47. The number of carbonyl (C=O) groups excluding carboxylic acids is 1. The number of hydrogen-bond donors (Lipinski definition) is 1. The molecule has 1 unspecified atom stereocenters. The molecule has 1 amide bonds. The maximum atomic E-state index is 12.9. The lowest BCUT2D eigenvalue weighted by Crippen LogP contribution is -2.23. The van der Waals surface area contributed by atoms with Gasteiger partial charge in [0.1, 0.15) is 11.5 Å². The summed E-state index contributed by atoms with van der Waals surface area (Å²) in [6.07, 6.45) is 1.92. The summed E-state index contributed by atoms with van der Waals surface area (Å²) < 4.78 is 12.5. The van der Waals surface area contributed by atoms with Gasteiger partial charge in [0, 0.05) is 24.2 Å². The van der Waals surface area contributed by atoms with Gasteiger partial charge in [0.25, 0.3) is 5.69 Å². The second kappa shape index (κ2) is 11.5. The van der Waals surface area contributed by atoms with Gasteiger partial charge in [-0.3, -0.25) is 14.9 Å². The van der Waals surface area contributed by atoms with Crippen molar-refractivity contribution in [1.29, 1.82) is 0 Å². The zero-order chi connectivity index (χ0) is 24.7. The summed E-state index contributed by atoms with van der Waals surface area (Å²) in [6.45, 7) is 4.56. The van der Waals surface area contributed by atoms with Crippen LogP contribution in [0, 0.1) is 10.1 Å². The number of benzene rings is 2. The highest BCUT2D eigenvalue weighted by Crippen LogP contribution is 2.32. The van der Waals surface area contributed by atoms with Crippen LogP contribution >= 0.6 is 11.8 Å². The summed E-state index contributed by atoms with van der Waals surface area (Å²) in [7, 11) is 3.05. The molecule has 1 atom stereocenters. The van der Waals surface area contributed by atoms with E-state index in [4.69, 9.17) is 9.47 Å². The van der Waals surface area contributed by atoms with Gasteiger partial charge >= 0.3 is 0 Å². The average Bonchev–Trinajstić information content (AvgIpc) is 3.24. The molecule has 1 heterocycles. The molecule has 0 fully saturated rings. The van der Waals surface area contributed by atoms with Crippen molar-refractivity contribution < 1.29 is 19.2 Å². The average molecular weight is 486 g/mol. The van der Waals surface area contributed by atoms with Crippen LogP contribution in [0.2, 0.25) is 0 Å². The number of anilines is 1. The van der Waals surface area contributed by atoms with Gasteiger partial charge in [-0.1, -0.05) is 25.1 Å². The highest BCUT2D eigenvalue weighted by atomic mass is 32.2. The van der Waals surface area contributed by atoms with Crippen molar-refractivity contribution in [1.82, 2.24) is 14.8 Å². The van der Waals surface area contributed by atoms with E-state index in [2.05, 4.69) is 22.4 Å². The standard InChI is InChI=1S/C23H27N5O5S/c1-5-6-13-27-21(16-7-10-18(32-3)11-8-16)25-26-23(27)34-15(2)22(29)24-19-14-17(28(30)31)9-12-20(19)33-4/h7-12,14-15H,5-6,13H2,1-4H3,(H,24,29). The lowest BCUT2D eigenvalue weighted by atomic mass is 10.2. The SMILES string of the molecule is CCCCn1c(SC(C)C(=O)Nc2cc([N+](=O)[O-])ccc2OC)nnc1-c1ccc(OC)cc1. The number of nitrogens with one attached hydrogen (secondary N) is 1. The molecule has 0 spiro atoms. The largest absolute Gasteiger partial charge is 0.497 e. The van der Waals surface area contributed by atoms with E-state index in [1.807, 2.05) is 28.8 Å². The van der Waals surface area contributed by atoms with E-state index in [9.17, 15) is 14.9 Å². The number of nitrogens with zero attached hydrogens (tertiary/aromatic N) is 4. The normalized spacial score (nSPS) is 11.6. The van der Waals surface area contributed by atoms with Crippen LogP contribution in [0.3, 0.4) is 0 Å². The van der Waals surface area contributed by atoms with Crippen LogP contribution in [-0.2, 0) is 11.3 Å². The number of amides is 1. The first-order valence-electron chi connectivity index (χ1n) is 10.8. The second-order valence-electron chi connectivity index (χ2n) is 7.43. The van der Waals surface area contributed by atoms with Crippen molar-refractivity contribution in [3.05, 3.63) is 52.6 Å². The number of methoxy groups -OCH3 is 2. The summed E-state index contributed by atoms with van der Waals surface area (Å²) >= 11 is 1.27. The fourth-order valence-corrected chi connectivity index (χ4v) is 4.08. The summed E-state index contributed by atoms with van der Waals surface area (Å²) in [5, 5.41) is 22.6. The van der Waals surface area contributed by atoms with Crippen LogP contribution in [0.1, 0.15) is 26.7 Å². The minimum absolute atomic E-state index is 0.139. The Labute approximate surface area is 201 Å². The zero-order valence-electron chi connectivity index (χ0n) is 19.5. The monoisotopic (exact) mass is 485 g/mol. The molecule has 0 radical (unpaired) electrons. The number of ether oxygens (including phenoxy) is 2. The number of nitro benzene ring substituents is 1. The summed E-state index contributed by atoms with van der Waals surface area (Å²) in [5.74, 6) is 1.47. The minimum Gasteiger partial charge on any atom is -0.497 e. The smallest absolute Gasteiger partial charge is 0.271 e. The van der Waals surface area contributed by atoms with E-state index < -0.39 is 10.2 Å². The molecule has 1 aromatic heterocycles. The summed E-state index contributed by atoms with van der Waals surface area (Å²) in [4.78, 5) is 23.5. The zero-order valence-corrected chi connectivity index (χ0v) is 20.3. The Balaban J connectivity index is 1.81. The van der Waals surface area contributed by atoms with Crippen LogP contribution in [-0.4, -0.2) is 45.1 Å². The van der Waals surface area contributed by atoms with E-state index in [1.54, 1.807) is 14.0 Å². The first-order valence-corrected chi connectivity index (χ1v) is 11.6. The molecule has 3 aromatic rings. The highest BCUT2D eigenvalue weighted by molar-refractivity contribution is 8.00. The molecule has 34 heavy (non-hydrogen) atoms. The van der Waals surface area contributed by atoms with Gasteiger partial charge in [0.05, 0.1) is 30.1 Å². The lowest BCUT2D eigenvalue weighted by molar-refractivity contribution is -0.384. The Bertz CT molecular complexity index is 1150. The number of hydrogen-bond acceptors (Lipinski definition) is 8. The van der Waals surface area contributed by atoms with Crippen LogP contribution in [0.25, 0.3) is 11.4 Å². The van der Waals surface area contributed by atoms with E-state index >= 15 is 0 Å². The van der Waals surface area contributed by atoms with Gasteiger partial charge < -0.3 is 19.4 Å². The van der Waals surface area contributed by atoms with Crippen LogP contribution < -0.4 is 14.8 Å². The maximum Gasteiger partial charge on any atom is 0.271 e. The molecule has 0 aliphatic rings. The maximum absolute atomic E-state index is 12.9. The topological polar surface area (TPSA) is 121 Å². The number of rotatable bonds is 11. The first-order chi connectivity index (χ1) is 16.4. The van der Waals surface area contributed by atoms with Crippen molar-refractivity contribution >= 4 is 29.0 Å². The van der Waals surface area contributed by atoms with Gasteiger partial charge in [-0.2, -0.15) is 0 Å². The Morgan fingerprint density at radius 1 is 1.18 bits per heavy atom. The quantitative estimate of drug-likeness (QED) is 0.234. The summed E-state index contributed by atoms with van der Waals surface area (Å²) in [5.41, 5.74) is 0.995. The van der Waals surface area contributed by atoms with Crippen molar-refractivity contribution in [2.45, 2.75) is 43.6 Å². The third-order valence-corrected chi connectivity index (χ3v) is 6.18. The highest BCUT2D eigenvalue weighted by Gasteiger charge is 2.22. The molecule has 3 rings (SSSR count). The molecule has 11 heteroatoms. The van der Waals surface area contributed by atoms with Gasteiger partial charge in [-0.15, -0.1) is 10.2 Å². The van der Waals surface area contributed by atoms with Crippen molar-refractivity contribution in [2.24, 2.45) is 0 Å². The number of nitro groups is 1. The van der Waals surface area contributed by atoms with Crippen molar-refractivity contribution in [3.63, 3.8) is 0 Å². The number of carbonyl (C=O) groups is 1. The molecule has 0 saturated heterocycles. The van der Waals surface area contributed by atoms with Gasteiger partial charge in [0.2, 0.25) is 5.91 Å². The number of aromatic nitrogens is 3. The Morgan fingerprint density at radius 3 is 2.53 bits per heavy atom. The lowest BCUT2D eigenvalue weighted by Gasteiger charge is -2.15. The van der Waals surface area contributed by atoms with Crippen LogP contribution in [0.15, 0.2) is 47.6 Å². The Hall–Kier alpha value is -3.60. The van der Waals surface area contributed by atoms with Crippen molar-refractivity contribution in [3.8, 4) is 22.9 Å². The van der Waals surface area contributed by atoms with Gasteiger partial charge in [0.15, 0.2) is 11.0 Å². The Morgan fingerprint density at radius 2 is 1.91 bits per heavy atom.